The van der Waals surface area contributed by atoms with E-state index in [0.29, 0.717) is 25.2 Å². The van der Waals surface area contributed by atoms with Gasteiger partial charge in [0.2, 0.25) is 0 Å². The molecule has 4 rings (SSSR count). The fraction of sp³-hybridized carbons (Fsp3) is 0.235. The van der Waals surface area contributed by atoms with Crippen molar-refractivity contribution in [3.05, 3.63) is 59.6 Å². The van der Waals surface area contributed by atoms with Gasteiger partial charge >= 0.3 is 0 Å². The summed E-state index contributed by atoms with van der Waals surface area (Å²) in [7, 11) is 1.80. The highest BCUT2D eigenvalue weighted by Gasteiger charge is 2.26. The first kappa shape index (κ1) is 13.8. The van der Waals surface area contributed by atoms with Crippen LogP contribution in [0.2, 0.25) is 0 Å². The highest BCUT2D eigenvalue weighted by Crippen LogP contribution is 2.22. The number of carbonyl (C=O) groups is 1. The number of benzene rings is 1. The number of carbonyl (C=O) groups excluding carboxylic acids is 1. The van der Waals surface area contributed by atoms with Gasteiger partial charge in [0.15, 0.2) is 0 Å². The van der Waals surface area contributed by atoms with Crippen LogP contribution in [0.15, 0.2) is 47.1 Å². The van der Waals surface area contributed by atoms with E-state index in [4.69, 9.17) is 4.52 Å². The molecule has 0 fully saturated rings. The maximum absolute atomic E-state index is 12.8. The van der Waals surface area contributed by atoms with Crippen molar-refractivity contribution >= 4 is 5.91 Å². The minimum absolute atomic E-state index is 0.0194. The molecule has 0 N–H and O–H groups in total. The van der Waals surface area contributed by atoms with Crippen molar-refractivity contribution in [1.29, 1.82) is 0 Å². The predicted octanol–water partition coefficient (Wildman–Crippen LogP) is 2.27. The third-order valence-electron chi connectivity index (χ3n) is 4.16. The molecular weight excluding hydrogens is 292 g/mol. The van der Waals surface area contributed by atoms with E-state index in [0.717, 1.165) is 22.6 Å². The highest BCUT2D eigenvalue weighted by molar-refractivity contribution is 5.93. The molecule has 0 radical (unpaired) electrons. The molecule has 3 heterocycles. The number of nitrogens with zero attached hydrogens (tertiary/aromatic N) is 4. The van der Waals surface area contributed by atoms with Crippen LogP contribution in [0.4, 0.5) is 0 Å². The van der Waals surface area contributed by atoms with E-state index in [1.54, 1.807) is 17.9 Å². The molecule has 0 aliphatic carbocycles. The summed E-state index contributed by atoms with van der Waals surface area (Å²) in [5.41, 5.74) is 3.38. The summed E-state index contributed by atoms with van der Waals surface area (Å²) in [5.74, 6) is 0.859. The zero-order valence-corrected chi connectivity index (χ0v) is 12.8. The van der Waals surface area contributed by atoms with Crippen LogP contribution in [0.5, 0.6) is 0 Å². The van der Waals surface area contributed by atoms with Gasteiger partial charge in [0.25, 0.3) is 5.91 Å². The Labute approximate surface area is 133 Å². The number of fused-ring (bicyclic) bond motifs is 1. The number of amides is 1. The Bertz CT molecular complexity index is 851. The molecule has 3 aromatic rings. The predicted molar refractivity (Wildman–Crippen MR) is 83.6 cm³/mol. The lowest BCUT2D eigenvalue weighted by Crippen LogP contribution is -2.36. The quantitative estimate of drug-likeness (QED) is 0.728. The summed E-state index contributed by atoms with van der Waals surface area (Å²) in [6.45, 7) is 1.16. The van der Waals surface area contributed by atoms with Crippen LogP contribution < -0.4 is 0 Å². The van der Waals surface area contributed by atoms with E-state index < -0.39 is 0 Å². The Hall–Kier alpha value is -2.89. The summed E-state index contributed by atoms with van der Waals surface area (Å²) >= 11 is 0. The molecule has 0 atom stereocenters. The van der Waals surface area contributed by atoms with Gasteiger partial charge in [-0.05, 0) is 6.07 Å². The molecule has 0 saturated heterocycles. The zero-order valence-electron chi connectivity index (χ0n) is 12.8. The lowest BCUT2D eigenvalue weighted by molar-refractivity contribution is 0.0717. The first-order valence-electron chi connectivity index (χ1n) is 7.53. The van der Waals surface area contributed by atoms with Gasteiger partial charge < -0.3 is 9.42 Å². The van der Waals surface area contributed by atoms with E-state index in [1.165, 1.54) is 0 Å². The summed E-state index contributed by atoms with van der Waals surface area (Å²) in [5, 5.41) is 8.27. The Morgan fingerprint density at radius 2 is 2.09 bits per heavy atom. The van der Waals surface area contributed by atoms with Gasteiger partial charge in [-0.15, -0.1) is 0 Å². The molecule has 6 nitrogen and oxygen atoms in total. The summed E-state index contributed by atoms with van der Waals surface area (Å²) in [6, 6.07) is 11.7. The lowest BCUT2D eigenvalue weighted by Gasteiger charge is -2.25. The van der Waals surface area contributed by atoms with Gasteiger partial charge in [0, 0.05) is 31.1 Å². The SMILES string of the molecule is Cn1nc(-c2ccccc2)cc1C(=O)N1CCc2oncc2C1. The summed E-state index contributed by atoms with van der Waals surface area (Å²) in [4.78, 5) is 14.6. The first-order chi connectivity index (χ1) is 11.2. The van der Waals surface area contributed by atoms with Crippen LogP contribution in [0.25, 0.3) is 11.3 Å². The number of aromatic nitrogens is 3. The molecule has 1 aromatic carbocycles. The van der Waals surface area contributed by atoms with Crippen molar-refractivity contribution in [2.45, 2.75) is 13.0 Å². The standard InChI is InChI=1S/C17H16N4O2/c1-20-15(9-14(19-20)12-5-3-2-4-6-12)17(22)21-8-7-16-13(11-21)10-18-23-16/h2-6,9-10H,7-8,11H2,1H3. The molecule has 0 bridgehead atoms. The Morgan fingerprint density at radius 1 is 1.26 bits per heavy atom. The molecule has 1 amide bonds. The van der Waals surface area contributed by atoms with Crippen LogP contribution in [-0.2, 0) is 20.0 Å². The van der Waals surface area contributed by atoms with Gasteiger partial charge in [-0.25, -0.2) is 0 Å². The van der Waals surface area contributed by atoms with Crippen molar-refractivity contribution in [2.24, 2.45) is 7.05 Å². The normalized spacial score (nSPS) is 13.9. The number of aryl methyl sites for hydroxylation is 1. The van der Waals surface area contributed by atoms with Crippen molar-refractivity contribution < 1.29 is 9.32 Å². The topological polar surface area (TPSA) is 64.2 Å². The van der Waals surface area contributed by atoms with Gasteiger partial charge in [0.1, 0.15) is 11.5 Å². The van der Waals surface area contributed by atoms with E-state index in [-0.39, 0.29) is 5.91 Å². The van der Waals surface area contributed by atoms with Crippen molar-refractivity contribution in [2.75, 3.05) is 6.54 Å². The molecule has 23 heavy (non-hydrogen) atoms. The minimum Gasteiger partial charge on any atom is -0.361 e. The Kier molecular flexibility index (Phi) is 3.22. The van der Waals surface area contributed by atoms with E-state index in [1.807, 2.05) is 41.3 Å². The second-order valence-corrected chi connectivity index (χ2v) is 5.66. The molecule has 1 aliphatic rings. The molecule has 6 heteroatoms. The largest absolute Gasteiger partial charge is 0.361 e. The van der Waals surface area contributed by atoms with Gasteiger partial charge in [0.05, 0.1) is 18.4 Å². The second-order valence-electron chi connectivity index (χ2n) is 5.66. The molecule has 1 aliphatic heterocycles. The van der Waals surface area contributed by atoms with Crippen LogP contribution in [0.3, 0.4) is 0 Å². The third-order valence-corrected chi connectivity index (χ3v) is 4.16. The van der Waals surface area contributed by atoms with Crippen LogP contribution in [-0.4, -0.2) is 32.3 Å². The molecule has 0 unspecified atom stereocenters. The summed E-state index contributed by atoms with van der Waals surface area (Å²) < 4.78 is 6.82. The van der Waals surface area contributed by atoms with E-state index >= 15 is 0 Å². The lowest BCUT2D eigenvalue weighted by atomic mass is 10.1. The van der Waals surface area contributed by atoms with Crippen LogP contribution in [0, 0.1) is 0 Å². The third kappa shape index (κ3) is 2.42. The average molecular weight is 308 g/mol. The number of rotatable bonds is 2. The van der Waals surface area contributed by atoms with Crippen LogP contribution >= 0.6 is 0 Å². The maximum Gasteiger partial charge on any atom is 0.272 e. The van der Waals surface area contributed by atoms with Crippen molar-refractivity contribution in [1.82, 2.24) is 19.8 Å². The molecule has 116 valence electrons. The first-order valence-corrected chi connectivity index (χ1v) is 7.53. The van der Waals surface area contributed by atoms with E-state index in [2.05, 4.69) is 10.3 Å². The summed E-state index contributed by atoms with van der Waals surface area (Å²) in [6.07, 6.45) is 2.39. The fourth-order valence-corrected chi connectivity index (χ4v) is 2.89. The van der Waals surface area contributed by atoms with Gasteiger partial charge in [-0.2, -0.15) is 5.10 Å². The smallest absolute Gasteiger partial charge is 0.272 e. The average Bonchev–Trinajstić information content (AvgIpc) is 3.20. The fourth-order valence-electron chi connectivity index (χ4n) is 2.89. The molecule has 0 saturated carbocycles. The minimum atomic E-state index is -0.0194. The molecule has 0 spiro atoms. The monoisotopic (exact) mass is 308 g/mol. The Balaban J connectivity index is 1.61. The van der Waals surface area contributed by atoms with E-state index in [9.17, 15) is 4.79 Å². The number of hydrogen-bond donors (Lipinski definition) is 0. The molecule has 2 aromatic heterocycles. The highest BCUT2D eigenvalue weighted by atomic mass is 16.5. The van der Waals surface area contributed by atoms with Gasteiger partial charge in [-0.1, -0.05) is 35.5 Å². The Morgan fingerprint density at radius 3 is 2.91 bits per heavy atom. The van der Waals surface area contributed by atoms with Crippen molar-refractivity contribution in [3.63, 3.8) is 0 Å². The van der Waals surface area contributed by atoms with Crippen LogP contribution in [0.1, 0.15) is 21.8 Å². The number of hydrogen-bond acceptors (Lipinski definition) is 4. The second kappa shape index (κ2) is 5.39. The zero-order chi connectivity index (χ0) is 15.8. The molecular formula is C17H16N4O2. The maximum atomic E-state index is 12.8. The van der Waals surface area contributed by atoms with Gasteiger partial charge in [-0.3, -0.25) is 9.48 Å². The van der Waals surface area contributed by atoms with Crippen molar-refractivity contribution in [3.8, 4) is 11.3 Å².